The van der Waals surface area contributed by atoms with Gasteiger partial charge >= 0.3 is 0 Å². The number of aromatic nitrogens is 2. The molecule has 0 aliphatic heterocycles. The Labute approximate surface area is 144 Å². The van der Waals surface area contributed by atoms with Gasteiger partial charge in [-0.2, -0.15) is 5.10 Å². The summed E-state index contributed by atoms with van der Waals surface area (Å²) < 4.78 is 1.77. The Bertz CT molecular complexity index is 758. The van der Waals surface area contributed by atoms with E-state index in [1.54, 1.807) is 23.7 Å². The maximum Gasteiger partial charge on any atom is 0.272 e. The summed E-state index contributed by atoms with van der Waals surface area (Å²) >= 11 is 12.1. The standard InChI is InChI=1S/C16H17Cl2N3O2/c1-9(8-22)19-16(23)15-11-3-2-4-14(11)21(20-15)10-5-6-12(17)13(18)7-10/h5-7,9,22H,2-4,8H2,1H3,(H,19,23). The maximum absolute atomic E-state index is 12.4. The van der Waals surface area contributed by atoms with Crippen molar-refractivity contribution in [3.8, 4) is 5.69 Å². The molecule has 0 spiro atoms. The molecule has 1 unspecified atom stereocenters. The van der Waals surface area contributed by atoms with Crippen molar-refractivity contribution in [2.75, 3.05) is 6.61 Å². The first-order valence-electron chi connectivity index (χ1n) is 7.49. The molecular formula is C16H17Cl2N3O2. The van der Waals surface area contributed by atoms with E-state index in [0.29, 0.717) is 15.7 Å². The van der Waals surface area contributed by atoms with E-state index in [9.17, 15) is 4.79 Å². The summed E-state index contributed by atoms with van der Waals surface area (Å²) in [5.74, 6) is -0.261. The number of aliphatic hydroxyl groups is 1. The number of rotatable bonds is 4. The topological polar surface area (TPSA) is 67.2 Å². The number of fused-ring (bicyclic) bond motifs is 1. The highest BCUT2D eigenvalue weighted by Crippen LogP contribution is 2.30. The molecule has 1 amide bonds. The van der Waals surface area contributed by atoms with E-state index in [2.05, 4.69) is 10.4 Å². The highest BCUT2D eigenvalue weighted by atomic mass is 35.5. The van der Waals surface area contributed by atoms with Crippen molar-refractivity contribution in [1.29, 1.82) is 0 Å². The number of nitrogens with zero attached hydrogens (tertiary/aromatic N) is 2. The number of nitrogens with one attached hydrogen (secondary N) is 1. The summed E-state index contributed by atoms with van der Waals surface area (Å²) in [6.07, 6.45) is 2.68. The SMILES string of the molecule is CC(CO)NC(=O)c1nn(-c2ccc(Cl)c(Cl)c2)c2c1CCC2. The second-order valence-electron chi connectivity index (χ2n) is 5.69. The quantitative estimate of drug-likeness (QED) is 0.887. The number of benzene rings is 1. The number of hydrogen-bond donors (Lipinski definition) is 2. The number of aliphatic hydroxyl groups excluding tert-OH is 1. The predicted molar refractivity (Wildman–Crippen MR) is 89.6 cm³/mol. The number of carbonyl (C=O) groups is 1. The number of carbonyl (C=O) groups excluding carboxylic acids is 1. The Balaban J connectivity index is 2.01. The summed E-state index contributed by atoms with van der Waals surface area (Å²) in [6, 6.07) is 4.98. The zero-order valence-electron chi connectivity index (χ0n) is 12.6. The lowest BCUT2D eigenvalue weighted by Crippen LogP contribution is -2.35. The zero-order valence-corrected chi connectivity index (χ0v) is 14.2. The number of amides is 1. The molecule has 7 heteroatoms. The van der Waals surface area contributed by atoms with Crippen molar-refractivity contribution < 1.29 is 9.90 Å². The summed E-state index contributed by atoms with van der Waals surface area (Å²) in [4.78, 5) is 12.4. The van der Waals surface area contributed by atoms with Gasteiger partial charge in [0.25, 0.3) is 5.91 Å². The van der Waals surface area contributed by atoms with Crippen molar-refractivity contribution >= 4 is 29.1 Å². The summed E-state index contributed by atoms with van der Waals surface area (Å²) in [5, 5.41) is 17.3. The van der Waals surface area contributed by atoms with Gasteiger partial charge in [0.05, 0.1) is 22.3 Å². The minimum Gasteiger partial charge on any atom is -0.394 e. The molecule has 5 nitrogen and oxygen atoms in total. The molecule has 1 aliphatic carbocycles. The molecule has 1 heterocycles. The number of halogens is 2. The third-order valence-electron chi connectivity index (χ3n) is 3.94. The summed E-state index contributed by atoms with van der Waals surface area (Å²) in [7, 11) is 0. The highest BCUT2D eigenvalue weighted by Gasteiger charge is 2.27. The van der Waals surface area contributed by atoms with Crippen molar-refractivity contribution in [2.24, 2.45) is 0 Å². The zero-order chi connectivity index (χ0) is 16.6. The van der Waals surface area contributed by atoms with E-state index in [0.717, 1.165) is 36.2 Å². The fourth-order valence-electron chi connectivity index (χ4n) is 2.79. The van der Waals surface area contributed by atoms with Crippen LogP contribution in [0.1, 0.15) is 35.1 Å². The average Bonchev–Trinajstić information content (AvgIpc) is 3.12. The molecule has 2 N–H and O–H groups in total. The lowest BCUT2D eigenvalue weighted by Gasteiger charge is -2.09. The van der Waals surface area contributed by atoms with E-state index >= 15 is 0 Å². The van der Waals surface area contributed by atoms with Gasteiger partial charge in [-0.3, -0.25) is 4.79 Å². The molecule has 122 valence electrons. The van der Waals surface area contributed by atoms with Crippen molar-refractivity contribution in [3.05, 3.63) is 45.2 Å². The van der Waals surface area contributed by atoms with Gasteiger partial charge < -0.3 is 10.4 Å². The minimum atomic E-state index is -0.310. The Morgan fingerprint density at radius 3 is 2.87 bits per heavy atom. The van der Waals surface area contributed by atoms with Crippen LogP contribution in [0.4, 0.5) is 0 Å². The smallest absolute Gasteiger partial charge is 0.272 e. The van der Waals surface area contributed by atoms with E-state index in [1.165, 1.54) is 0 Å². The van der Waals surface area contributed by atoms with Gasteiger partial charge in [0, 0.05) is 17.3 Å². The fourth-order valence-corrected chi connectivity index (χ4v) is 3.08. The predicted octanol–water partition coefficient (Wildman–Crippen LogP) is 2.78. The monoisotopic (exact) mass is 353 g/mol. The Morgan fingerprint density at radius 1 is 1.39 bits per heavy atom. The third kappa shape index (κ3) is 3.09. The van der Waals surface area contributed by atoms with Crippen LogP contribution in [0.2, 0.25) is 10.0 Å². The van der Waals surface area contributed by atoms with Crippen LogP contribution in [-0.2, 0) is 12.8 Å². The lowest BCUT2D eigenvalue weighted by atomic mass is 10.2. The van der Waals surface area contributed by atoms with E-state index in [1.807, 2.05) is 6.07 Å². The van der Waals surface area contributed by atoms with Crippen LogP contribution < -0.4 is 5.32 Å². The molecule has 3 rings (SSSR count). The van der Waals surface area contributed by atoms with E-state index in [-0.39, 0.29) is 18.6 Å². The lowest BCUT2D eigenvalue weighted by molar-refractivity contribution is 0.0916. The first-order valence-corrected chi connectivity index (χ1v) is 8.24. The molecule has 0 bridgehead atoms. The van der Waals surface area contributed by atoms with E-state index < -0.39 is 0 Å². The third-order valence-corrected chi connectivity index (χ3v) is 4.68. The Kier molecular flexibility index (Phi) is 4.62. The molecule has 1 aromatic heterocycles. The normalized spacial score (nSPS) is 14.6. The average molecular weight is 354 g/mol. The largest absolute Gasteiger partial charge is 0.394 e. The maximum atomic E-state index is 12.4. The second-order valence-corrected chi connectivity index (χ2v) is 6.51. The second kappa shape index (κ2) is 6.51. The minimum absolute atomic E-state index is 0.110. The molecule has 1 aliphatic rings. The van der Waals surface area contributed by atoms with Gasteiger partial charge in [-0.05, 0) is 44.4 Å². The summed E-state index contributed by atoms with van der Waals surface area (Å²) in [5.41, 5.74) is 3.21. The molecule has 2 aromatic rings. The highest BCUT2D eigenvalue weighted by molar-refractivity contribution is 6.42. The van der Waals surface area contributed by atoms with Crippen molar-refractivity contribution in [3.63, 3.8) is 0 Å². The molecule has 1 atom stereocenters. The molecule has 0 fully saturated rings. The van der Waals surface area contributed by atoms with Crippen LogP contribution >= 0.6 is 23.2 Å². The van der Waals surface area contributed by atoms with Gasteiger partial charge in [0.2, 0.25) is 0 Å². The van der Waals surface area contributed by atoms with Gasteiger partial charge in [-0.25, -0.2) is 4.68 Å². The molecule has 0 saturated carbocycles. The number of hydrogen-bond acceptors (Lipinski definition) is 3. The van der Waals surface area contributed by atoms with Crippen molar-refractivity contribution in [2.45, 2.75) is 32.2 Å². The van der Waals surface area contributed by atoms with Crippen LogP contribution in [-0.4, -0.2) is 33.4 Å². The fraction of sp³-hybridized carbons (Fsp3) is 0.375. The van der Waals surface area contributed by atoms with Crippen LogP contribution in [0, 0.1) is 0 Å². The molecule has 0 radical (unpaired) electrons. The summed E-state index contributed by atoms with van der Waals surface area (Å²) in [6.45, 7) is 1.63. The Morgan fingerprint density at radius 2 is 2.17 bits per heavy atom. The molecule has 1 aromatic carbocycles. The first-order chi connectivity index (χ1) is 11.0. The van der Waals surface area contributed by atoms with Gasteiger partial charge in [-0.1, -0.05) is 23.2 Å². The molecule has 0 saturated heterocycles. The van der Waals surface area contributed by atoms with Gasteiger partial charge in [0.15, 0.2) is 5.69 Å². The molecule has 23 heavy (non-hydrogen) atoms. The van der Waals surface area contributed by atoms with Gasteiger partial charge in [-0.15, -0.1) is 0 Å². The molecular weight excluding hydrogens is 337 g/mol. The van der Waals surface area contributed by atoms with E-state index in [4.69, 9.17) is 28.3 Å². The van der Waals surface area contributed by atoms with Crippen molar-refractivity contribution in [1.82, 2.24) is 15.1 Å². The van der Waals surface area contributed by atoms with Crippen LogP contribution in [0.3, 0.4) is 0 Å². The van der Waals surface area contributed by atoms with Crippen LogP contribution in [0.25, 0.3) is 5.69 Å². The van der Waals surface area contributed by atoms with Crippen LogP contribution in [0.5, 0.6) is 0 Å². The van der Waals surface area contributed by atoms with Crippen LogP contribution in [0.15, 0.2) is 18.2 Å². The first kappa shape index (κ1) is 16.3. The van der Waals surface area contributed by atoms with Gasteiger partial charge in [0.1, 0.15) is 0 Å². The Hall–Kier alpha value is -1.56.